The van der Waals surface area contributed by atoms with Crippen LogP contribution in [0.25, 0.3) is 21.9 Å². The fourth-order valence-electron chi connectivity index (χ4n) is 2.90. The van der Waals surface area contributed by atoms with Crippen LogP contribution < -0.4 is 0 Å². The number of nitrogens with zero attached hydrogens (tertiary/aromatic N) is 5. The van der Waals surface area contributed by atoms with Gasteiger partial charge in [-0.15, -0.1) is 10.2 Å². The van der Waals surface area contributed by atoms with Crippen molar-refractivity contribution in [1.29, 1.82) is 0 Å². The van der Waals surface area contributed by atoms with E-state index in [1.165, 1.54) is 11.1 Å². The average Bonchev–Trinajstić information content (AvgIpc) is 3.15. The van der Waals surface area contributed by atoms with Crippen LogP contribution in [0, 0.1) is 6.92 Å². The van der Waals surface area contributed by atoms with E-state index in [1.54, 1.807) is 11.3 Å². The first-order valence-corrected chi connectivity index (χ1v) is 8.77. The minimum atomic E-state index is 0.817. The fraction of sp³-hybridized carbons (Fsp3) is 0.353. The quantitative estimate of drug-likeness (QED) is 0.741. The molecule has 0 saturated carbocycles. The number of likely N-dealkylation sites (N-methyl/N-ethyl adjacent to an activating group) is 1. The lowest BCUT2D eigenvalue weighted by molar-refractivity contribution is 0.318. The third-order valence-corrected chi connectivity index (χ3v) is 5.26. The van der Waals surface area contributed by atoms with Crippen molar-refractivity contribution >= 4 is 21.9 Å². The zero-order valence-electron chi connectivity index (χ0n) is 13.4. The standard InChI is InChI=1S/C17H19N5S/c1-3-21-9-7-13(8-10-21)16-20-22-15(18-19-17(22)23-16)14-6-4-5-12(2)11-14/h4-7,11H,3,8-10H2,1-2H3. The molecule has 4 rings (SSSR count). The first kappa shape index (κ1) is 14.5. The van der Waals surface area contributed by atoms with Gasteiger partial charge in [0, 0.05) is 18.7 Å². The zero-order chi connectivity index (χ0) is 15.8. The third kappa shape index (κ3) is 2.68. The topological polar surface area (TPSA) is 46.3 Å². The van der Waals surface area contributed by atoms with Gasteiger partial charge in [0.2, 0.25) is 4.96 Å². The summed E-state index contributed by atoms with van der Waals surface area (Å²) in [5.74, 6) is 0.817. The summed E-state index contributed by atoms with van der Waals surface area (Å²) in [5, 5.41) is 14.5. The van der Waals surface area contributed by atoms with Crippen LogP contribution in [0.5, 0.6) is 0 Å². The summed E-state index contributed by atoms with van der Waals surface area (Å²) in [7, 11) is 0. The molecule has 0 saturated heterocycles. The van der Waals surface area contributed by atoms with Gasteiger partial charge in [-0.25, -0.2) is 0 Å². The molecule has 0 bridgehead atoms. The number of aromatic nitrogens is 4. The molecule has 0 amide bonds. The summed E-state index contributed by atoms with van der Waals surface area (Å²) in [5.41, 5.74) is 3.61. The van der Waals surface area contributed by atoms with E-state index in [0.29, 0.717) is 0 Å². The third-order valence-electron chi connectivity index (χ3n) is 4.28. The van der Waals surface area contributed by atoms with Gasteiger partial charge < -0.3 is 0 Å². The zero-order valence-corrected chi connectivity index (χ0v) is 14.2. The molecule has 3 aromatic rings. The number of rotatable bonds is 3. The molecular weight excluding hydrogens is 306 g/mol. The van der Waals surface area contributed by atoms with Crippen LogP contribution in [0.3, 0.4) is 0 Å². The Balaban J connectivity index is 1.71. The molecule has 5 nitrogen and oxygen atoms in total. The molecule has 6 heteroatoms. The summed E-state index contributed by atoms with van der Waals surface area (Å²) in [6.07, 6.45) is 3.35. The van der Waals surface area contributed by atoms with Crippen molar-refractivity contribution in [3.05, 3.63) is 40.9 Å². The van der Waals surface area contributed by atoms with E-state index >= 15 is 0 Å². The van der Waals surface area contributed by atoms with Gasteiger partial charge >= 0.3 is 0 Å². The highest BCUT2D eigenvalue weighted by molar-refractivity contribution is 7.17. The van der Waals surface area contributed by atoms with Crippen LogP contribution in [0.1, 0.15) is 23.9 Å². The van der Waals surface area contributed by atoms with Gasteiger partial charge in [-0.2, -0.15) is 9.61 Å². The van der Waals surface area contributed by atoms with Crippen molar-refractivity contribution in [1.82, 2.24) is 24.7 Å². The maximum absolute atomic E-state index is 4.78. The van der Waals surface area contributed by atoms with E-state index < -0.39 is 0 Å². The molecule has 1 aliphatic rings. The lowest BCUT2D eigenvalue weighted by Gasteiger charge is -2.23. The van der Waals surface area contributed by atoms with Gasteiger partial charge in [0.1, 0.15) is 5.01 Å². The predicted octanol–water partition coefficient (Wildman–Crippen LogP) is 3.27. The Hall–Kier alpha value is -2.05. The lowest BCUT2D eigenvalue weighted by atomic mass is 10.1. The first-order chi connectivity index (χ1) is 11.2. The Morgan fingerprint density at radius 1 is 1.26 bits per heavy atom. The van der Waals surface area contributed by atoms with Crippen LogP contribution in [0.15, 0.2) is 30.3 Å². The smallest absolute Gasteiger partial charge is 0.235 e. The number of aryl methyl sites for hydroxylation is 1. The van der Waals surface area contributed by atoms with E-state index in [-0.39, 0.29) is 0 Å². The molecule has 0 fully saturated rings. The molecule has 118 valence electrons. The molecule has 0 N–H and O–H groups in total. The maximum atomic E-state index is 4.78. The molecule has 2 aromatic heterocycles. The van der Waals surface area contributed by atoms with E-state index in [0.717, 1.165) is 47.4 Å². The molecule has 0 atom stereocenters. The monoisotopic (exact) mass is 325 g/mol. The molecule has 0 spiro atoms. The second kappa shape index (κ2) is 5.86. The van der Waals surface area contributed by atoms with Crippen molar-refractivity contribution in [2.24, 2.45) is 0 Å². The Bertz CT molecular complexity index is 876. The van der Waals surface area contributed by atoms with Crippen molar-refractivity contribution in [2.75, 3.05) is 19.6 Å². The number of hydrogen-bond acceptors (Lipinski definition) is 5. The number of fused-ring (bicyclic) bond motifs is 1. The van der Waals surface area contributed by atoms with Crippen LogP contribution >= 0.6 is 11.3 Å². The van der Waals surface area contributed by atoms with Crippen LogP contribution in [0.2, 0.25) is 0 Å². The van der Waals surface area contributed by atoms with Gasteiger partial charge in [0.05, 0.1) is 0 Å². The first-order valence-electron chi connectivity index (χ1n) is 7.95. The molecule has 1 aromatic carbocycles. The van der Waals surface area contributed by atoms with Crippen molar-refractivity contribution < 1.29 is 0 Å². The summed E-state index contributed by atoms with van der Waals surface area (Å²) >= 11 is 1.62. The predicted molar refractivity (Wildman–Crippen MR) is 93.5 cm³/mol. The average molecular weight is 325 g/mol. The van der Waals surface area contributed by atoms with E-state index in [1.807, 2.05) is 10.6 Å². The second-order valence-electron chi connectivity index (χ2n) is 5.87. The summed E-state index contributed by atoms with van der Waals surface area (Å²) < 4.78 is 1.88. The highest BCUT2D eigenvalue weighted by Gasteiger charge is 2.18. The molecule has 3 heterocycles. The van der Waals surface area contributed by atoms with Gasteiger partial charge in [0.25, 0.3) is 0 Å². The fourth-order valence-corrected chi connectivity index (χ4v) is 3.81. The van der Waals surface area contributed by atoms with E-state index in [2.05, 4.69) is 53.2 Å². The molecule has 0 radical (unpaired) electrons. The summed E-state index contributed by atoms with van der Waals surface area (Å²) in [6.45, 7) is 7.51. The summed E-state index contributed by atoms with van der Waals surface area (Å²) in [6, 6.07) is 8.30. The molecule has 0 unspecified atom stereocenters. The Morgan fingerprint density at radius 3 is 2.91 bits per heavy atom. The highest BCUT2D eigenvalue weighted by Crippen LogP contribution is 2.28. The minimum absolute atomic E-state index is 0.817. The normalized spacial score (nSPS) is 16.0. The van der Waals surface area contributed by atoms with E-state index in [9.17, 15) is 0 Å². The SMILES string of the molecule is CCN1CC=C(c2nn3c(-c4cccc(C)c4)nnc3s2)CC1. The van der Waals surface area contributed by atoms with Crippen LogP contribution in [0.4, 0.5) is 0 Å². The van der Waals surface area contributed by atoms with Crippen LogP contribution in [-0.4, -0.2) is 44.3 Å². The molecule has 0 aliphatic carbocycles. The molecule has 1 aliphatic heterocycles. The Labute approximate surface area is 139 Å². The largest absolute Gasteiger partial charge is 0.300 e. The van der Waals surface area contributed by atoms with Crippen molar-refractivity contribution in [2.45, 2.75) is 20.3 Å². The van der Waals surface area contributed by atoms with Gasteiger partial charge in [-0.1, -0.05) is 48.1 Å². The lowest BCUT2D eigenvalue weighted by Crippen LogP contribution is -2.28. The molecular formula is C17H19N5S. The number of hydrogen-bond donors (Lipinski definition) is 0. The van der Waals surface area contributed by atoms with Crippen molar-refractivity contribution in [3.8, 4) is 11.4 Å². The van der Waals surface area contributed by atoms with Crippen LogP contribution in [-0.2, 0) is 0 Å². The Morgan fingerprint density at radius 2 is 2.17 bits per heavy atom. The van der Waals surface area contributed by atoms with Gasteiger partial charge in [0.15, 0.2) is 5.82 Å². The molecule has 23 heavy (non-hydrogen) atoms. The van der Waals surface area contributed by atoms with Crippen molar-refractivity contribution in [3.63, 3.8) is 0 Å². The van der Waals surface area contributed by atoms with E-state index in [4.69, 9.17) is 5.10 Å². The summed E-state index contributed by atoms with van der Waals surface area (Å²) in [4.78, 5) is 3.29. The second-order valence-corrected chi connectivity index (χ2v) is 6.82. The maximum Gasteiger partial charge on any atom is 0.235 e. The Kier molecular flexibility index (Phi) is 3.71. The highest BCUT2D eigenvalue weighted by atomic mass is 32.1. The minimum Gasteiger partial charge on any atom is -0.300 e. The number of benzene rings is 1. The van der Waals surface area contributed by atoms with Gasteiger partial charge in [-0.05, 0) is 31.5 Å². The van der Waals surface area contributed by atoms with Gasteiger partial charge in [-0.3, -0.25) is 4.90 Å².